The number of aryl methyl sites for hydroxylation is 1. The fraction of sp³-hybridized carbons (Fsp3) is 0.500. The first-order valence-corrected chi connectivity index (χ1v) is 11.3. The molecule has 0 bridgehead atoms. The Morgan fingerprint density at radius 3 is 2.77 bits per heavy atom. The summed E-state index contributed by atoms with van der Waals surface area (Å²) in [6.07, 6.45) is 2.55. The van der Waals surface area contributed by atoms with Crippen molar-refractivity contribution in [3.63, 3.8) is 0 Å². The van der Waals surface area contributed by atoms with E-state index in [2.05, 4.69) is 43.3 Å². The van der Waals surface area contributed by atoms with Crippen molar-refractivity contribution in [3.05, 3.63) is 52.1 Å². The second-order valence-corrected chi connectivity index (χ2v) is 9.19. The van der Waals surface area contributed by atoms with E-state index in [-0.39, 0.29) is 11.9 Å². The highest BCUT2D eigenvalue weighted by Gasteiger charge is 2.21. The van der Waals surface area contributed by atoms with Gasteiger partial charge in [-0.3, -0.25) is 4.79 Å². The van der Waals surface area contributed by atoms with Crippen LogP contribution in [0.3, 0.4) is 0 Å². The second kappa shape index (κ2) is 8.67. The highest BCUT2D eigenvalue weighted by atomic mass is 35.5. The van der Waals surface area contributed by atoms with Crippen LogP contribution in [0.25, 0.3) is 11.0 Å². The van der Waals surface area contributed by atoms with E-state index >= 15 is 0 Å². The Kier molecular flexibility index (Phi) is 6.13. The van der Waals surface area contributed by atoms with Crippen molar-refractivity contribution in [2.45, 2.75) is 65.8 Å². The Bertz CT molecular complexity index is 1110. The number of ether oxygens (including phenoxy) is 1. The van der Waals surface area contributed by atoms with Crippen LogP contribution in [0.15, 0.2) is 24.3 Å². The van der Waals surface area contributed by atoms with Gasteiger partial charge in [-0.15, -0.1) is 0 Å². The van der Waals surface area contributed by atoms with E-state index < -0.39 is 0 Å². The van der Waals surface area contributed by atoms with Gasteiger partial charge < -0.3 is 18.8 Å². The number of aromatic nitrogens is 3. The van der Waals surface area contributed by atoms with Gasteiger partial charge in [0.05, 0.1) is 17.1 Å². The fourth-order valence-electron chi connectivity index (χ4n) is 4.55. The minimum absolute atomic E-state index is 0.0268. The fourth-order valence-corrected chi connectivity index (χ4v) is 4.92. The molecule has 0 aliphatic carbocycles. The van der Waals surface area contributed by atoms with Crippen LogP contribution in [0.2, 0.25) is 5.28 Å². The van der Waals surface area contributed by atoms with Crippen molar-refractivity contribution in [2.75, 3.05) is 13.7 Å². The summed E-state index contributed by atoms with van der Waals surface area (Å²) in [4.78, 5) is 19.3. The van der Waals surface area contributed by atoms with Crippen LogP contribution >= 0.6 is 11.6 Å². The monoisotopic (exact) mass is 442 g/mol. The molecule has 1 saturated heterocycles. The van der Waals surface area contributed by atoms with Gasteiger partial charge >= 0.3 is 0 Å². The van der Waals surface area contributed by atoms with Crippen LogP contribution in [0.5, 0.6) is 0 Å². The number of hydrogen-bond donors (Lipinski definition) is 0. The topological polar surface area (TPSA) is 52.3 Å². The first kappa shape index (κ1) is 21.9. The van der Waals surface area contributed by atoms with Gasteiger partial charge in [-0.2, -0.15) is 0 Å². The Morgan fingerprint density at radius 1 is 1.32 bits per heavy atom. The molecule has 6 nitrogen and oxygen atoms in total. The Hall–Kier alpha value is -2.31. The summed E-state index contributed by atoms with van der Waals surface area (Å²) < 4.78 is 10.1. The largest absolute Gasteiger partial charge is 0.376 e. The summed E-state index contributed by atoms with van der Waals surface area (Å²) >= 11 is 6.30. The van der Waals surface area contributed by atoms with Crippen molar-refractivity contribution in [1.29, 1.82) is 0 Å². The lowest BCUT2D eigenvalue weighted by atomic mass is 10.1. The molecule has 0 N–H and O–H groups in total. The van der Waals surface area contributed by atoms with E-state index in [0.29, 0.717) is 23.5 Å². The van der Waals surface area contributed by atoms with E-state index in [1.165, 1.54) is 17.0 Å². The molecule has 2 aromatic heterocycles. The molecule has 3 aromatic rings. The molecule has 166 valence electrons. The predicted molar refractivity (Wildman–Crippen MR) is 124 cm³/mol. The zero-order chi connectivity index (χ0) is 22.3. The number of rotatable bonds is 6. The minimum atomic E-state index is -0.0268. The second-order valence-electron chi connectivity index (χ2n) is 8.85. The van der Waals surface area contributed by atoms with E-state index in [1.54, 1.807) is 4.90 Å². The zero-order valence-electron chi connectivity index (χ0n) is 19.0. The van der Waals surface area contributed by atoms with Gasteiger partial charge in [-0.1, -0.05) is 0 Å². The van der Waals surface area contributed by atoms with Gasteiger partial charge in [0.15, 0.2) is 0 Å². The van der Waals surface area contributed by atoms with Gasteiger partial charge in [0, 0.05) is 49.7 Å². The third-order valence-electron chi connectivity index (χ3n) is 6.25. The van der Waals surface area contributed by atoms with Gasteiger partial charge in [-0.25, -0.2) is 4.98 Å². The third kappa shape index (κ3) is 4.23. The summed E-state index contributed by atoms with van der Waals surface area (Å²) in [5, 5.41) is 0.446. The number of carbonyl (C=O) groups is 1. The molecule has 1 fully saturated rings. The molecule has 1 amide bonds. The van der Waals surface area contributed by atoms with E-state index in [1.807, 2.05) is 29.8 Å². The standard InChI is InChI=1S/C24H31ClN4O2/c1-15(2)29-22-9-8-18(12-21(22)26-24(29)25)23(30)27(5)13-19-11-16(3)28(17(19)4)14-20-7-6-10-31-20/h8-9,11-12,15,20H,6-7,10,13-14H2,1-5H3/t20-/m0/s1. The van der Waals surface area contributed by atoms with Crippen LogP contribution in [0, 0.1) is 13.8 Å². The summed E-state index contributed by atoms with van der Waals surface area (Å²) in [7, 11) is 1.85. The SMILES string of the molecule is Cc1cc(CN(C)C(=O)c2ccc3c(c2)nc(Cl)n3C(C)C)c(C)n1C[C@@H]1CCCO1. The average Bonchev–Trinajstić information content (AvgIpc) is 3.41. The predicted octanol–water partition coefficient (Wildman–Crippen LogP) is 5.14. The lowest BCUT2D eigenvalue weighted by Crippen LogP contribution is -2.26. The summed E-state index contributed by atoms with van der Waals surface area (Å²) in [5.74, 6) is -0.0268. The van der Waals surface area contributed by atoms with E-state index in [9.17, 15) is 4.79 Å². The summed E-state index contributed by atoms with van der Waals surface area (Å²) in [6.45, 7) is 10.7. The molecule has 0 unspecified atom stereocenters. The average molecular weight is 443 g/mol. The normalized spacial score (nSPS) is 16.5. The smallest absolute Gasteiger partial charge is 0.253 e. The summed E-state index contributed by atoms with van der Waals surface area (Å²) in [5.41, 5.74) is 5.88. The number of benzene rings is 1. The molecule has 4 rings (SSSR count). The van der Waals surface area contributed by atoms with Crippen molar-refractivity contribution >= 4 is 28.5 Å². The first-order valence-electron chi connectivity index (χ1n) is 11.0. The highest BCUT2D eigenvalue weighted by Crippen LogP contribution is 2.26. The van der Waals surface area contributed by atoms with Gasteiger partial charge in [0.2, 0.25) is 5.28 Å². The number of imidazole rings is 1. The number of carbonyl (C=O) groups excluding carboxylic acids is 1. The van der Waals surface area contributed by atoms with Crippen molar-refractivity contribution in [1.82, 2.24) is 19.0 Å². The minimum Gasteiger partial charge on any atom is -0.376 e. The van der Waals surface area contributed by atoms with E-state index in [0.717, 1.165) is 37.0 Å². The lowest BCUT2D eigenvalue weighted by molar-refractivity contribution is 0.0784. The van der Waals surface area contributed by atoms with Gasteiger partial charge in [0.25, 0.3) is 5.91 Å². The van der Waals surface area contributed by atoms with E-state index in [4.69, 9.17) is 16.3 Å². The van der Waals surface area contributed by atoms with Crippen LogP contribution in [-0.4, -0.2) is 44.7 Å². The third-order valence-corrected chi connectivity index (χ3v) is 6.52. The molecule has 1 aromatic carbocycles. The van der Waals surface area contributed by atoms with Crippen LogP contribution in [0.4, 0.5) is 0 Å². The van der Waals surface area contributed by atoms with Gasteiger partial charge in [0.1, 0.15) is 0 Å². The summed E-state index contributed by atoms with van der Waals surface area (Å²) in [6, 6.07) is 8.01. The molecule has 31 heavy (non-hydrogen) atoms. The zero-order valence-corrected chi connectivity index (χ0v) is 19.7. The molecule has 7 heteroatoms. The Balaban J connectivity index is 1.52. The molecule has 0 radical (unpaired) electrons. The highest BCUT2D eigenvalue weighted by molar-refractivity contribution is 6.29. The quantitative estimate of drug-likeness (QED) is 0.531. The molecule has 0 saturated carbocycles. The van der Waals surface area contributed by atoms with Crippen LogP contribution in [-0.2, 0) is 17.8 Å². The molecule has 3 heterocycles. The molecular weight excluding hydrogens is 412 g/mol. The maximum absolute atomic E-state index is 13.1. The molecule has 1 atom stereocenters. The number of amides is 1. The number of nitrogens with zero attached hydrogens (tertiary/aromatic N) is 4. The first-order chi connectivity index (χ1) is 14.8. The van der Waals surface area contributed by atoms with Crippen molar-refractivity contribution < 1.29 is 9.53 Å². The molecular formula is C24H31ClN4O2. The molecule has 0 spiro atoms. The number of fused-ring (bicyclic) bond motifs is 1. The maximum Gasteiger partial charge on any atom is 0.253 e. The van der Waals surface area contributed by atoms with Crippen LogP contribution in [0.1, 0.15) is 60.0 Å². The number of hydrogen-bond acceptors (Lipinski definition) is 3. The Morgan fingerprint density at radius 2 is 2.10 bits per heavy atom. The van der Waals surface area contributed by atoms with Crippen molar-refractivity contribution in [3.8, 4) is 0 Å². The molecule has 1 aliphatic heterocycles. The number of halogens is 1. The molecule has 1 aliphatic rings. The van der Waals surface area contributed by atoms with Gasteiger partial charge in [-0.05, 0) is 82.0 Å². The van der Waals surface area contributed by atoms with Crippen LogP contribution < -0.4 is 0 Å². The Labute approximate surface area is 188 Å². The lowest BCUT2D eigenvalue weighted by Gasteiger charge is -2.18. The maximum atomic E-state index is 13.1. The van der Waals surface area contributed by atoms with Crippen molar-refractivity contribution in [2.24, 2.45) is 0 Å².